The van der Waals surface area contributed by atoms with Crippen LogP contribution in [0.25, 0.3) is 0 Å². The van der Waals surface area contributed by atoms with E-state index >= 15 is 0 Å². The molecule has 3 rings (SSSR count). The van der Waals surface area contributed by atoms with E-state index in [9.17, 15) is 13.2 Å². The zero-order valence-electron chi connectivity index (χ0n) is 13.8. The summed E-state index contributed by atoms with van der Waals surface area (Å²) in [6.07, 6.45) is 3.83. The van der Waals surface area contributed by atoms with Gasteiger partial charge < -0.3 is 5.32 Å². The number of hydrogen-bond donors (Lipinski definition) is 2. The Labute approximate surface area is 162 Å². The zero-order chi connectivity index (χ0) is 18.7. The summed E-state index contributed by atoms with van der Waals surface area (Å²) in [6, 6.07) is 10.6. The quantitative estimate of drug-likeness (QED) is 0.760. The number of carbonyl (C=O) groups is 1. The molecule has 1 fully saturated rings. The van der Waals surface area contributed by atoms with Crippen molar-refractivity contribution in [2.45, 2.75) is 36.6 Å². The van der Waals surface area contributed by atoms with E-state index in [2.05, 4.69) is 10.0 Å². The van der Waals surface area contributed by atoms with Crippen LogP contribution in [-0.4, -0.2) is 20.4 Å². The van der Waals surface area contributed by atoms with Crippen molar-refractivity contribution in [3.8, 4) is 0 Å². The second-order valence-corrected chi connectivity index (χ2v) is 8.76. The summed E-state index contributed by atoms with van der Waals surface area (Å²) in [5.74, 6) is -0.397. The molecule has 138 valence electrons. The molecule has 0 heterocycles. The summed E-state index contributed by atoms with van der Waals surface area (Å²) in [5, 5.41) is 3.37. The van der Waals surface area contributed by atoms with Crippen LogP contribution >= 0.6 is 23.2 Å². The number of carbonyl (C=O) groups excluding carboxylic acids is 1. The molecule has 0 aromatic heterocycles. The van der Waals surface area contributed by atoms with Crippen LogP contribution in [0, 0.1) is 0 Å². The first kappa shape index (κ1) is 19.2. The molecule has 5 nitrogen and oxygen atoms in total. The molecule has 0 spiro atoms. The van der Waals surface area contributed by atoms with Gasteiger partial charge in [-0.05, 0) is 55.3 Å². The molecular weight excluding hydrogens is 395 g/mol. The topological polar surface area (TPSA) is 75.3 Å². The molecule has 0 unspecified atom stereocenters. The minimum atomic E-state index is -3.55. The molecule has 0 aliphatic heterocycles. The SMILES string of the molecule is O=C(Nc1ccc(S(=O)(=O)NC2CCCC2)cc1)c1ccc(Cl)cc1Cl. The number of rotatable bonds is 5. The highest BCUT2D eigenvalue weighted by Crippen LogP contribution is 2.23. The van der Waals surface area contributed by atoms with Crippen molar-refractivity contribution in [1.29, 1.82) is 0 Å². The first-order valence-electron chi connectivity index (χ1n) is 8.24. The van der Waals surface area contributed by atoms with Gasteiger partial charge in [0.1, 0.15) is 0 Å². The fraction of sp³-hybridized carbons (Fsp3) is 0.278. The van der Waals surface area contributed by atoms with E-state index in [1.807, 2.05) is 0 Å². The van der Waals surface area contributed by atoms with Gasteiger partial charge in [0.2, 0.25) is 10.0 Å². The Balaban J connectivity index is 1.70. The van der Waals surface area contributed by atoms with Gasteiger partial charge in [-0.1, -0.05) is 36.0 Å². The zero-order valence-corrected chi connectivity index (χ0v) is 16.2. The fourth-order valence-electron chi connectivity index (χ4n) is 2.92. The van der Waals surface area contributed by atoms with Gasteiger partial charge in [0.25, 0.3) is 5.91 Å². The summed E-state index contributed by atoms with van der Waals surface area (Å²) in [7, 11) is -3.55. The molecule has 1 saturated carbocycles. The molecular formula is C18H18Cl2N2O3S. The summed E-state index contributed by atoms with van der Waals surface area (Å²) in [5.41, 5.74) is 0.761. The maximum Gasteiger partial charge on any atom is 0.257 e. The number of hydrogen-bond acceptors (Lipinski definition) is 3. The Morgan fingerprint density at radius 1 is 1.00 bits per heavy atom. The Bertz CT molecular complexity index is 909. The third-order valence-electron chi connectivity index (χ3n) is 4.28. The van der Waals surface area contributed by atoms with E-state index in [4.69, 9.17) is 23.2 Å². The molecule has 0 bridgehead atoms. The van der Waals surface area contributed by atoms with Gasteiger partial charge in [-0.25, -0.2) is 13.1 Å². The molecule has 2 N–H and O–H groups in total. The van der Waals surface area contributed by atoms with Crippen LogP contribution in [0.15, 0.2) is 47.4 Å². The first-order valence-corrected chi connectivity index (χ1v) is 10.5. The number of halogens is 2. The van der Waals surface area contributed by atoms with Crippen LogP contribution < -0.4 is 10.0 Å². The highest BCUT2D eigenvalue weighted by molar-refractivity contribution is 7.89. The van der Waals surface area contributed by atoms with Gasteiger partial charge in [-0.2, -0.15) is 0 Å². The van der Waals surface area contributed by atoms with E-state index < -0.39 is 15.9 Å². The highest BCUT2D eigenvalue weighted by atomic mass is 35.5. The van der Waals surface area contributed by atoms with Crippen molar-refractivity contribution in [1.82, 2.24) is 4.72 Å². The van der Waals surface area contributed by atoms with Gasteiger partial charge in [-0.15, -0.1) is 0 Å². The lowest BCUT2D eigenvalue weighted by Gasteiger charge is -2.13. The average molecular weight is 413 g/mol. The normalized spacial score (nSPS) is 15.2. The second-order valence-electron chi connectivity index (χ2n) is 6.21. The molecule has 26 heavy (non-hydrogen) atoms. The lowest BCUT2D eigenvalue weighted by atomic mass is 10.2. The summed E-state index contributed by atoms with van der Waals surface area (Å²) in [6.45, 7) is 0. The molecule has 0 saturated heterocycles. The average Bonchev–Trinajstić information content (AvgIpc) is 3.07. The van der Waals surface area contributed by atoms with E-state index in [0.717, 1.165) is 25.7 Å². The standard InChI is InChI=1S/C18H18Cl2N2O3S/c19-12-5-10-16(17(20)11-12)18(23)21-13-6-8-15(9-7-13)26(24,25)22-14-3-1-2-4-14/h5-11,14,22H,1-4H2,(H,21,23). The predicted octanol–water partition coefficient (Wildman–Crippen LogP) is 4.47. The summed E-state index contributed by atoms with van der Waals surface area (Å²) >= 11 is 11.8. The molecule has 1 amide bonds. The highest BCUT2D eigenvalue weighted by Gasteiger charge is 2.22. The van der Waals surface area contributed by atoms with Gasteiger partial charge >= 0.3 is 0 Å². The smallest absolute Gasteiger partial charge is 0.257 e. The first-order chi connectivity index (χ1) is 12.3. The minimum Gasteiger partial charge on any atom is -0.322 e. The number of amides is 1. The molecule has 0 radical (unpaired) electrons. The Morgan fingerprint density at radius 3 is 2.27 bits per heavy atom. The Kier molecular flexibility index (Phi) is 5.87. The molecule has 2 aromatic rings. The molecule has 1 aliphatic rings. The number of sulfonamides is 1. The molecule has 2 aromatic carbocycles. The van der Waals surface area contributed by atoms with Gasteiger partial charge in [0.05, 0.1) is 15.5 Å². The van der Waals surface area contributed by atoms with Crippen molar-refractivity contribution in [3.05, 3.63) is 58.1 Å². The maximum absolute atomic E-state index is 12.4. The van der Waals surface area contributed by atoms with Crippen LogP contribution in [0.1, 0.15) is 36.0 Å². The van der Waals surface area contributed by atoms with E-state index in [1.54, 1.807) is 18.2 Å². The molecule has 8 heteroatoms. The maximum atomic E-state index is 12.4. The lowest BCUT2D eigenvalue weighted by molar-refractivity contribution is 0.102. The monoisotopic (exact) mass is 412 g/mol. The Hall–Kier alpha value is -1.60. The van der Waals surface area contributed by atoms with Gasteiger partial charge in [-0.3, -0.25) is 4.79 Å². The third-order valence-corrected chi connectivity index (χ3v) is 6.36. The van der Waals surface area contributed by atoms with E-state index in [-0.39, 0.29) is 21.5 Å². The fourth-order valence-corrected chi connectivity index (χ4v) is 4.72. The van der Waals surface area contributed by atoms with Crippen molar-refractivity contribution in [2.24, 2.45) is 0 Å². The third kappa shape index (κ3) is 4.57. The van der Waals surface area contributed by atoms with E-state index in [0.29, 0.717) is 10.7 Å². The van der Waals surface area contributed by atoms with Crippen molar-refractivity contribution in [2.75, 3.05) is 5.32 Å². The predicted molar refractivity (Wildman–Crippen MR) is 103 cm³/mol. The number of anilines is 1. The number of benzene rings is 2. The van der Waals surface area contributed by atoms with Crippen molar-refractivity contribution in [3.63, 3.8) is 0 Å². The van der Waals surface area contributed by atoms with Gasteiger partial charge in [0.15, 0.2) is 0 Å². The van der Waals surface area contributed by atoms with Crippen LogP contribution in [0.3, 0.4) is 0 Å². The van der Waals surface area contributed by atoms with Crippen molar-refractivity contribution >= 4 is 44.8 Å². The number of nitrogens with one attached hydrogen (secondary N) is 2. The summed E-state index contributed by atoms with van der Waals surface area (Å²) in [4.78, 5) is 12.5. The lowest BCUT2D eigenvalue weighted by Crippen LogP contribution is -2.32. The van der Waals surface area contributed by atoms with Crippen LogP contribution in [0.5, 0.6) is 0 Å². The Morgan fingerprint density at radius 2 is 1.65 bits per heavy atom. The molecule has 1 aliphatic carbocycles. The largest absolute Gasteiger partial charge is 0.322 e. The van der Waals surface area contributed by atoms with Gasteiger partial charge in [0, 0.05) is 16.8 Å². The van der Waals surface area contributed by atoms with E-state index in [1.165, 1.54) is 24.3 Å². The van der Waals surface area contributed by atoms with Crippen LogP contribution in [0.2, 0.25) is 10.0 Å². The summed E-state index contributed by atoms with van der Waals surface area (Å²) < 4.78 is 27.5. The molecule has 0 atom stereocenters. The van der Waals surface area contributed by atoms with Crippen LogP contribution in [-0.2, 0) is 10.0 Å². The minimum absolute atomic E-state index is 0.00595. The van der Waals surface area contributed by atoms with Crippen LogP contribution in [0.4, 0.5) is 5.69 Å². The second kappa shape index (κ2) is 7.96. The van der Waals surface area contributed by atoms with Crippen molar-refractivity contribution < 1.29 is 13.2 Å².